The maximum atomic E-state index is 5.74. The minimum atomic E-state index is 0.313. The van der Waals surface area contributed by atoms with E-state index in [0.29, 0.717) is 11.0 Å². The molecule has 2 aromatic rings. The number of halogens is 2. The largest absolute Gasteiger partial charge is 0.437 e. The molecule has 88 valence electrons. The molecule has 1 aromatic heterocycles. The first-order valence-electron chi connectivity index (χ1n) is 4.98. The second-order valence-electron chi connectivity index (χ2n) is 3.65. The lowest BCUT2D eigenvalue weighted by Crippen LogP contribution is -1.91. The molecule has 0 radical (unpaired) electrons. The molecule has 0 saturated heterocycles. The minimum absolute atomic E-state index is 0.313. The average Bonchev–Trinajstić information content (AvgIpc) is 2.26. The van der Waals surface area contributed by atoms with Gasteiger partial charge in [0, 0.05) is 4.47 Å². The first kappa shape index (κ1) is 12.3. The number of hydrogen-bond acceptors (Lipinski definition) is 3. The van der Waals surface area contributed by atoms with E-state index in [4.69, 9.17) is 16.3 Å². The summed E-state index contributed by atoms with van der Waals surface area (Å²) in [6.07, 6.45) is 2.99. The van der Waals surface area contributed by atoms with Gasteiger partial charge in [0.15, 0.2) is 5.15 Å². The van der Waals surface area contributed by atoms with E-state index in [1.807, 2.05) is 26.0 Å². The van der Waals surface area contributed by atoms with Crippen LogP contribution in [0, 0.1) is 13.8 Å². The van der Waals surface area contributed by atoms with E-state index >= 15 is 0 Å². The summed E-state index contributed by atoms with van der Waals surface area (Å²) in [4.78, 5) is 7.93. The molecule has 0 aliphatic rings. The molecule has 1 heterocycles. The predicted molar refractivity (Wildman–Crippen MR) is 70.7 cm³/mol. The standard InChI is InChI=1S/C12H10BrClN2O/c1-7-3-9(4-8(2)12(7)13)17-11-6-15-5-10(14)16-11/h3-6H,1-2H3. The topological polar surface area (TPSA) is 35.0 Å². The fourth-order valence-electron chi connectivity index (χ4n) is 1.46. The lowest BCUT2D eigenvalue weighted by molar-refractivity contribution is 0.459. The molecule has 3 nitrogen and oxygen atoms in total. The Hall–Kier alpha value is -1.13. The zero-order valence-corrected chi connectivity index (χ0v) is 11.7. The van der Waals surface area contributed by atoms with Crippen LogP contribution in [-0.4, -0.2) is 9.97 Å². The Balaban J connectivity index is 2.31. The quantitative estimate of drug-likeness (QED) is 0.829. The summed E-state index contributed by atoms with van der Waals surface area (Å²) in [5.41, 5.74) is 2.21. The highest BCUT2D eigenvalue weighted by molar-refractivity contribution is 9.10. The van der Waals surface area contributed by atoms with Crippen molar-refractivity contribution in [1.29, 1.82) is 0 Å². The smallest absolute Gasteiger partial charge is 0.239 e. The van der Waals surface area contributed by atoms with Crippen molar-refractivity contribution in [2.45, 2.75) is 13.8 Å². The zero-order chi connectivity index (χ0) is 12.4. The molecular formula is C12H10BrClN2O. The number of aryl methyl sites for hydroxylation is 2. The first-order chi connectivity index (χ1) is 8.06. The van der Waals surface area contributed by atoms with Crippen LogP contribution in [0.15, 0.2) is 29.0 Å². The number of nitrogens with zero attached hydrogens (tertiary/aromatic N) is 2. The number of ether oxygens (including phenoxy) is 1. The Morgan fingerprint density at radius 2 is 1.82 bits per heavy atom. The summed E-state index contributed by atoms with van der Waals surface area (Å²) in [6.45, 7) is 4.02. The monoisotopic (exact) mass is 312 g/mol. The van der Waals surface area contributed by atoms with Crippen LogP contribution in [0.3, 0.4) is 0 Å². The van der Waals surface area contributed by atoms with Gasteiger partial charge in [0.1, 0.15) is 5.75 Å². The van der Waals surface area contributed by atoms with Gasteiger partial charge < -0.3 is 4.74 Å². The molecule has 0 spiro atoms. The maximum Gasteiger partial charge on any atom is 0.239 e. The highest BCUT2D eigenvalue weighted by atomic mass is 79.9. The van der Waals surface area contributed by atoms with Gasteiger partial charge in [0.05, 0.1) is 12.4 Å². The van der Waals surface area contributed by atoms with Crippen LogP contribution in [0.2, 0.25) is 5.15 Å². The molecule has 0 saturated carbocycles. The van der Waals surface area contributed by atoms with Gasteiger partial charge in [-0.15, -0.1) is 0 Å². The molecule has 0 amide bonds. The van der Waals surface area contributed by atoms with Crippen molar-refractivity contribution in [2.24, 2.45) is 0 Å². The Morgan fingerprint density at radius 1 is 1.18 bits per heavy atom. The Morgan fingerprint density at radius 3 is 2.41 bits per heavy atom. The molecule has 5 heteroatoms. The van der Waals surface area contributed by atoms with Crippen LogP contribution in [-0.2, 0) is 0 Å². The van der Waals surface area contributed by atoms with Crippen molar-refractivity contribution in [3.05, 3.63) is 45.3 Å². The van der Waals surface area contributed by atoms with E-state index < -0.39 is 0 Å². The fraction of sp³-hybridized carbons (Fsp3) is 0.167. The molecule has 2 rings (SSSR count). The molecular weight excluding hydrogens is 304 g/mol. The van der Waals surface area contributed by atoms with Gasteiger partial charge in [-0.05, 0) is 37.1 Å². The molecule has 0 atom stereocenters. The predicted octanol–water partition coefficient (Wildman–Crippen LogP) is 4.30. The maximum absolute atomic E-state index is 5.74. The van der Waals surface area contributed by atoms with Crippen molar-refractivity contribution in [1.82, 2.24) is 9.97 Å². The molecule has 0 unspecified atom stereocenters. The van der Waals surface area contributed by atoms with Crippen LogP contribution >= 0.6 is 27.5 Å². The van der Waals surface area contributed by atoms with Gasteiger partial charge in [-0.1, -0.05) is 27.5 Å². The van der Waals surface area contributed by atoms with Crippen molar-refractivity contribution < 1.29 is 4.74 Å². The SMILES string of the molecule is Cc1cc(Oc2cncc(Cl)n2)cc(C)c1Br. The van der Waals surface area contributed by atoms with Gasteiger partial charge in [-0.3, -0.25) is 4.98 Å². The fourth-order valence-corrected chi connectivity index (χ4v) is 1.83. The van der Waals surface area contributed by atoms with Crippen molar-refractivity contribution in [3.63, 3.8) is 0 Å². The van der Waals surface area contributed by atoms with Crippen LogP contribution in [0.4, 0.5) is 0 Å². The second kappa shape index (κ2) is 5.02. The van der Waals surface area contributed by atoms with Gasteiger partial charge in [-0.25, -0.2) is 0 Å². The Kier molecular flexibility index (Phi) is 3.64. The third-order valence-corrected chi connectivity index (χ3v) is 3.65. The van der Waals surface area contributed by atoms with Crippen molar-refractivity contribution in [3.8, 4) is 11.6 Å². The summed E-state index contributed by atoms with van der Waals surface area (Å²) in [5, 5.41) is 0.313. The van der Waals surface area contributed by atoms with Gasteiger partial charge in [0.25, 0.3) is 0 Å². The Bertz CT molecular complexity index is 537. The van der Waals surface area contributed by atoms with E-state index in [9.17, 15) is 0 Å². The molecule has 0 fully saturated rings. The van der Waals surface area contributed by atoms with E-state index in [0.717, 1.165) is 21.3 Å². The molecule has 0 N–H and O–H groups in total. The van der Waals surface area contributed by atoms with Crippen molar-refractivity contribution in [2.75, 3.05) is 0 Å². The van der Waals surface area contributed by atoms with Gasteiger partial charge >= 0.3 is 0 Å². The summed E-state index contributed by atoms with van der Waals surface area (Å²) in [7, 11) is 0. The van der Waals surface area contributed by atoms with E-state index in [2.05, 4.69) is 25.9 Å². The second-order valence-corrected chi connectivity index (χ2v) is 4.83. The van der Waals surface area contributed by atoms with Crippen LogP contribution in [0.25, 0.3) is 0 Å². The molecule has 1 aromatic carbocycles. The summed E-state index contributed by atoms with van der Waals surface area (Å²) in [5.74, 6) is 1.11. The highest BCUT2D eigenvalue weighted by Gasteiger charge is 2.05. The highest BCUT2D eigenvalue weighted by Crippen LogP contribution is 2.28. The van der Waals surface area contributed by atoms with E-state index in [1.54, 1.807) is 0 Å². The number of aromatic nitrogens is 2. The minimum Gasteiger partial charge on any atom is -0.437 e. The van der Waals surface area contributed by atoms with E-state index in [-0.39, 0.29) is 0 Å². The van der Waals surface area contributed by atoms with Gasteiger partial charge in [-0.2, -0.15) is 4.98 Å². The summed E-state index contributed by atoms with van der Waals surface area (Å²) in [6, 6.07) is 3.86. The van der Waals surface area contributed by atoms with Crippen LogP contribution in [0.1, 0.15) is 11.1 Å². The lowest BCUT2D eigenvalue weighted by atomic mass is 10.1. The van der Waals surface area contributed by atoms with Gasteiger partial charge in [0.2, 0.25) is 5.88 Å². The lowest BCUT2D eigenvalue weighted by Gasteiger charge is -2.08. The zero-order valence-electron chi connectivity index (χ0n) is 9.37. The molecule has 17 heavy (non-hydrogen) atoms. The van der Waals surface area contributed by atoms with Crippen molar-refractivity contribution >= 4 is 27.5 Å². The number of hydrogen-bond donors (Lipinski definition) is 0. The third kappa shape index (κ3) is 2.96. The molecule has 0 aliphatic carbocycles. The summed E-state index contributed by atoms with van der Waals surface area (Å²) < 4.78 is 6.68. The third-order valence-electron chi connectivity index (χ3n) is 2.22. The number of rotatable bonds is 2. The van der Waals surface area contributed by atoms with Crippen LogP contribution < -0.4 is 4.74 Å². The van der Waals surface area contributed by atoms with Crippen LogP contribution in [0.5, 0.6) is 11.6 Å². The molecule has 0 bridgehead atoms. The Labute approximate surface area is 113 Å². The number of benzene rings is 1. The summed E-state index contributed by atoms with van der Waals surface area (Å²) >= 11 is 9.24. The van der Waals surface area contributed by atoms with E-state index in [1.165, 1.54) is 12.4 Å². The normalized spacial score (nSPS) is 10.4. The molecule has 0 aliphatic heterocycles. The first-order valence-corrected chi connectivity index (χ1v) is 6.15. The average molecular weight is 314 g/mol.